The predicted octanol–water partition coefficient (Wildman–Crippen LogP) is 3.43. The van der Waals surface area contributed by atoms with E-state index in [1.165, 1.54) is 25.9 Å². The van der Waals surface area contributed by atoms with Gasteiger partial charge in [0.15, 0.2) is 11.5 Å². The molecule has 1 fully saturated rings. The number of nitrogens with zero attached hydrogens (tertiary/aromatic N) is 1. The summed E-state index contributed by atoms with van der Waals surface area (Å²) in [5.74, 6) is 1.98. The summed E-state index contributed by atoms with van der Waals surface area (Å²) in [6, 6.07) is 3.42. The quantitative estimate of drug-likeness (QED) is 0.646. The van der Waals surface area contributed by atoms with E-state index in [0.717, 1.165) is 18.9 Å². The lowest BCUT2D eigenvalue weighted by atomic mass is 10.0. The molecular formula is C16H25ClN2O2. The summed E-state index contributed by atoms with van der Waals surface area (Å²) in [4.78, 5) is 2.51. The maximum atomic E-state index is 6.16. The molecule has 1 aromatic carbocycles. The number of halogens is 1. The number of hydrogen-bond acceptors (Lipinski definition) is 4. The van der Waals surface area contributed by atoms with Crippen molar-refractivity contribution >= 4 is 17.3 Å². The van der Waals surface area contributed by atoms with Gasteiger partial charge in [-0.1, -0.05) is 18.5 Å². The number of nitrogens with two attached hydrogens (primary N) is 1. The maximum absolute atomic E-state index is 6.16. The molecule has 1 aromatic rings. The van der Waals surface area contributed by atoms with Crippen molar-refractivity contribution in [1.29, 1.82) is 0 Å². The van der Waals surface area contributed by atoms with Crippen LogP contribution >= 0.6 is 11.6 Å². The van der Waals surface area contributed by atoms with Crippen molar-refractivity contribution in [2.75, 3.05) is 39.1 Å². The van der Waals surface area contributed by atoms with Crippen LogP contribution in [0.4, 0.5) is 5.69 Å². The van der Waals surface area contributed by atoms with Crippen molar-refractivity contribution in [1.82, 2.24) is 4.90 Å². The number of methoxy groups -OCH3 is 1. The normalized spacial score (nSPS) is 19.5. The Bertz CT molecular complexity index is 468. The van der Waals surface area contributed by atoms with Crippen LogP contribution in [-0.2, 0) is 0 Å². The Labute approximate surface area is 132 Å². The number of likely N-dealkylation sites (tertiary alicyclic amines) is 1. The lowest BCUT2D eigenvalue weighted by Gasteiger charge is -2.30. The number of piperidine rings is 1. The van der Waals surface area contributed by atoms with Crippen LogP contribution in [0.1, 0.15) is 26.2 Å². The third-order valence-corrected chi connectivity index (χ3v) is 4.14. The van der Waals surface area contributed by atoms with Crippen molar-refractivity contribution in [2.24, 2.45) is 5.92 Å². The molecule has 4 nitrogen and oxygen atoms in total. The molecule has 2 rings (SSSR count). The Kier molecular flexibility index (Phi) is 6.00. The van der Waals surface area contributed by atoms with E-state index < -0.39 is 0 Å². The summed E-state index contributed by atoms with van der Waals surface area (Å²) in [7, 11) is 1.59. The molecule has 118 valence electrons. The van der Waals surface area contributed by atoms with E-state index in [1.807, 2.05) is 0 Å². The molecule has 1 unspecified atom stereocenters. The zero-order valence-electron chi connectivity index (χ0n) is 12.9. The molecule has 2 N–H and O–H groups in total. The standard InChI is InChI=1S/C16H25ClN2O2/c1-12-5-3-6-19(11-12)7-4-8-21-16-14(17)9-13(18)10-15(16)20-2/h9-10,12H,3-8,11,18H2,1-2H3. The van der Waals surface area contributed by atoms with Crippen LogP contribution in [0.25, 0.3) is 0 Å². The van der Waals surface area contributed by atoms with Gasteiger partial charge >= 0.3 is 0 Å². The number of benzene rings is 1. The zero-order chi connectivity index (χ0) is 15.2. The van der Waals surface area contributed by atoms with Crippen molar-refractivity contribution in [2.45, 2.75) is 26.2 Å². The molecule has 5 heteroatoms. The second kappa shape index (κ2) is 7.76. The predicted molar refractivity (Wildman–Crippen MR) is 87.4 cm³/mol. The lowest BCUT2D eigenvalue weighted by molar-refractivity contribution is 0.169. The fourth-order valence-electron chi connectivity index (χ4n) is 2.83. The first-order valence-electron chi connectivity index (χ1n) is 7.58. The molecule has 1 heterocycles. The van der Waals surface area contributed by atoms with Gasteiger partial charge in [-0.25, -0.2) is 0 Å². The van der Waals surface area contributed by atoms with Gasteiger partial charge in [0.2, 0.25) is 0 Å². The lowest BCUT2D eigenvalue weighted by Crippen LogP contribution is -2.35. The van der Waals surface area contributed by atoms with E-state index in [-0.39, 0.29) is 0 Å². The monoisotopic (exact) mass is 312 g/mol. The first-order valence-corrected chi connectivity index (χ1v) is 7.96. The number of ether oxygens (including phenoxy) is 2. The van der Waals surface area contributed by atoms with Crippen LogP contribution in [0, 0.1) is 5.92 Å². The van der Waals surface area contributed by atoms with E-state index in [1.54, 1.807) is 19.2 Å². The number of anilines is 1. The molecule has 1 atom stereocenters. The number of hydrogen-bond donors (Lipinski definition) is 1. The van der Waals surface area contributed by atoms with Gasteiger partial charge in [-0.05, 0) is 37.8 Å². The zero-order valence-corrected chi connectivity index (χ0v) is 13.7. The van der Waals surface area contributed by atoms with Gasteiger partial charge < -0.3 is 20.1 Å². The molecular weight excluding hydrogens is 288 g/mol. The summed E-state index contributed by atoms with van der Waals surface area (Å²) in [6.45, 7) is 6.42. The minimum atomic E-state index is 0.499. The van der Waals surface area contributed by atoms with Crippen molar-refractivity contribution in [3.8, 4) is 11.5 Å². The van der Waals surface area contributed by atoms with Crippen molar-refractivity contribution in [3.05, 3.63) is 17.2 Å². The molecule has 0 spiro atoms. The number of rotatable bonds is 6. The second-order valence-electron chi connectivity index (χ2n) is 5.78. The molecule has 0 aromatic heterocycles. The molecule has 1 saturated heterocycles. The molecule has 21 heavy (non-hydrogen) atoms. The molecule has 1 aliphatic rings. The maximum Gasteiger partial charge on any atom is 0.179 e. The third kappa shape index (κ3) is 4.68. The Morgan fingerprint density at radius 3 is 2.95 bits per heavy atom. The van der Waals surface area contributed by atoms with Crippen LogP contribution in [-0.4, -0.2) is 38.3 Å². The Morgan fingerprint density at radius 1 is 1.43 bits per heavy atom. The Hall–Kier alpha value is -1.13. The largest absolute Gasteiger partial charge is 0.493 e. The van der Waals surface area contributed by atoms with Gasteiger partial charge in [0.05, 0.1) is 18.7 Å². The summed E-state index contributed by atoms with van der Waals surface area (Å²) in [5.41, 5.74) is 6.32. The fourth-order valence-corrected chi connectivity index (χ4v) is 3.11. The highest BCUT2D eigenvalue weighted by Crippen LogP contribution is 2.37. The van der Waals surface area contributed by atoms with Gasteiger partial charge in [0, 0.05) is 24.8 Å². The first-order chi connectivity index (χ1) is 10.1. The van der Waals surface area contributed by atoms with Gasteiger partial charge in [-0.2, -0.15) is 0 Å². The van der Waals surface area contributed by atoms with Gasteiger partial charge in [0.1, 0.15) is 0 Å². The van der Waals surface area contributed by atoms with Gasteiger partial charge in [-0.3, -0.25) is 0 Å². The average molecular weight is 313 g/mol. The van der Waals surface area contributed by atoms with Gasteiger partial charge in [-0.15, -0.1) is 0 Å². The van der Waals surface area contributed by atoms with E-state index >= 15 is 0 Å². The van der Waals surface area contributed by atoms with Crippen molar-refractivity contribution < 1.29 is 9.47 Å². The summed E-state index contributed by atoms with van der Waals surface area (Å²) >= 11 is 6.16. The number of nitrogen functional groups attached to an aromatic ring is 1. The Morgan fingerprint density at radius 2 is 2.24 bits per heavy atom. The molecule has 0 amide bonds. The third-order valence-electron chi connectivity index (χ3n) is 3.86. The minimum Gasteiger partial charge on any atom is -0.493 e. The molecule has 0 aliphatic carbocycles. The van der Waals surface area contributed by atoms with E-state index in [4.69, 9.17) is 26.8 Å². The molecule has 0 saturated carbocycles. The fraction of sp³-hybridized carbons (Fsp3) is 0.625. The summed E-state index contributed by atoms with van der Waals surface area (Å²) < 4.78 is 11.1. The first kappa shape index (κ1) is 16.2. The Balaban J connectivity index is 1.81. The van der Waals surface area contributed by atoms with Crippen molar-refractivity contribution in [3.63, 3.8) is 0 Å². The summed E-state index contributed by atoms with van der Waals surface area (Å²) in [6.07, 6.45) is 3.64. The van der Waals surface area contributed by atoms with Crippen LogP contribution in [0.2, 0.25) is 5.02 Å². The SMILES string of the molecule is COc1cc(N)cc(Cl)c1OCCCN1CCCC(C)C1. The van der Waals surface area contributed by atoms with E-state index in [0.29, 0.717) is 28.8 Å². The second-order valence-corrected chi connectivity index (χ2v) is 6.19. The van der Waals surface area contributed by atoms with Crippen LogP contribution in [0.5, 0.6) is 11.5 Å². The highest BCUT2D eigenvalue weighted by Gasteiger charge is 2.16. The molecule has 1 aliphatic heterocycles. The highest BCUT2D eigenvalue weighted by atomic mass is 35.5. The van der Waals surface area contributed by atoms with Gasteiger partial charge in [0.25, 0.3) is 0 Å². The van der Waals surface area contributed by atoms with Crippen LogP contribution in [0.3, 0.4) is 0 Å². The minimum absolute atomic E-state index is 0.499. The van der Waals surface area contributed by atoms with E-state index in [2.05, 4.69) is 11.8 Å². The smallest absolute Gasteiger partial charge is 0.179 e. The molecule has 0 bridgehead atoms. The van der Waals surface area contributed by atoms with E-state index in [9.17, 15) is 0 Å². The van der Waals surface area contributed by atoms with Crippen LogP contribution < -0.4 is 15.2 Å². The average Bonchev–Trinajstić information content (AvgIpc) is 2.44. The highest BCUT2D eigenvalue weighted by molar-refractivity contribution is 6.32. The van der Waals surface area contributed by atoms with Crippen LogP contribution in [0.15, 0.2) is 12.1 Å². The molecule has 0 radical (unpaired) electrons. The topological polar surface area (TPSA) is 47.7 Å². The summed E-state index contributed by atoms with van der Waals surface area (Å²) in [5, 5.41) is 0.499.